The third-order valence-corrected chi connectivity index (χ3v) is 2.25. The summed E-state index contributed by atoms with van der Waals surface area (Å²) in [6, 6.07) is 3.71. The van der Waals surface area contributed by atoms with E-state index in [0.29, 0.717) is 6.54 Å². The first-order chi connectivity index (χ1) is 7.93. The van der Waals surface area contributed by atoms with E-state index in [2.05, 4.69) is 20.6 Å². The Bertz CT molecular complexity index is 586. The fourth-order valence-electron chi connectivity index (χ4n) is 1.50. The minimum Gasteiger partial charge on any atom is -0.364 e. The van der Waals surface area contributed by atoms with Gasteiger partial charge in [-0.15, -0.1) is 0 Å². The molecule has 0 bridgehead atoms. The van der Waals surface area contributed by atoms with Crippen LogP contribution in [0.2, 0.25) is 0 Å². The molecule has 0 aliphatic carbocycles. The summed E-state index contributed by atoms with van der Waals surface area (Å²) in [6.07, 6.45) is 6.78. The van der Waals surface area contributed by atoms with Crippen LogP contribution in [0.1, 0.15) is 5.69 Å². The second kappa shape index (κ2) is 3.65. The summed E-state index contributed by atoms with van der Waals surface area (Å²) in [5.41, 5.74) is 1.77. The van der Waals surface area contributed by atoms with Gasteiger partial charge in [0, 0.05) is 18.5 Å². The third-order valence-electron chi connectivity index (χ3n) is 2.25. The number of nitrogens with zero attached hydrogens (tertiary/aromatic N) is 4. The maximum Gasteiger partial charge on any atom is 0.152 e. The number of aromatic nitrogens is 4. The van der Waals surface area contributed by atoms with Crippen LogP contribution in [0.4, 0.5) is 5.82 Å². The molecule has 6 heteroatoms. The quantitative estimate of drug-likeness (QED) is 0.713. The number of hydrogen-bond acceptors (Lipinski definition) is 5. The van der Waals surface area contributed by atoms with E-state index in [4.69, 9.17) is 4.52 Å². The third kappa shape index (κ3) is 1.50. The Kier molecular flexibility index (Phi) is 2.03. The number of rotatable bonds is 3. The molecule has 0 saturated carbocycles. The molecule has 0 radical (unpaired) electrons. The molecular weight excluding hydrogens is 206 g/mol. The standard InChI is InChI=1S/C10H9N5O/c1-3-13-15-5-4-11-10(9(1)15)12-7-8-2-6-16-14-8/h1-6H,7H2,(H,11,12). The van der Waals surface area contributed by atoms with Crippen molar-refractivity contribution in [2.45, 2.75) is 6.54 Å². The molecule has 16 heavy (non-hydrogen) atoms. The first-order valence-electron chi connectivity index (χ1n) is 4.85. The van der Waals surface area contributed by atoms with Gasteiger partial charge in [-0.3, -0.25) is 0 Å². The minimum atomic E-state index is 0.578. The Labute approximate surface area is 90.9 Å². The normalized spacial score (nSPS) is 10.8. The van der Waals surface area contributed by atoms with Crippen LogP contribution >= 0.6 is 0 Å². The molecule has 3 rings (SSSR count). The monoisotopic (exact) mass is 215 g/mol. The van der Waals surface area contributed by atoms with Gasteiger partial charge in [0.1, 0.15) is 17.5 Å². The molecule has 80 valence electrons. The summed E-state index contributed by atoms with van der Waals surface area (Å²) in [6.45, 7) is 0.578. The van der Waals surface area contributed by atoms with E-state index >= 15 is 0 Å². The molecule has 0 aliphatic heterocycles. The van der Waals surface area contributed by atoms with Crippen LogP contribution < -0.4 is 5.32 Å². The van der Waals surface area contributed by atoms with Gasteiger partial charge in [0.15, 0.2) is 5.82 Å². The fraction of sp³-hybridized carbons (Fsp3) is 0.100. The molecule has 0 saturated heterocycles. The first-order valence-corrected chi connectivity index (χ1v) is 4.85. The summed E-state index contributed by atoms with van der Waals surface area (Å²) < 4.78 is 6.51. The van der Waals surface area contributed by atoms with Crippen molar-refractivity contribution >= 4 is 11.3 Å². The van der Waals surface area contributed by atoms with E-state index in [1.165, 1.54) is 0 Å². The summed E-state index contributed by atoms with van der Waals surface area (Å²) in [7, 11) is 0. The van der Waals surface area contributed by atoms with Gasteiger partial charge in [-0.25, -0.2) is 9.50 Å². The largest absolute Gasteiger partial charge is 0.364 e. The molecule has 3 heterocycles. The highest BCUT2D eigenvalue weighted by Crippen LogP contribution is 2.12. The Hall–Kier alpha value is -2.37. The number of anilines is 1. The van der Waals surface area contributed by atoms with Crippen molar-refractivity contribution < 1.29 is 4.52 Å². The van der Waals surface area contributed by atoms with E-state index in [9.17, 15) is 0 Å². The Morgan fingerprint density at radius 1 is 1.31 bits per heavy atom. The molecule has 0 atom stereocenters. The van der Waals surface area contributed by atoms with E-state index < -0.39 is 0 Å². The smallest absolute Gasteiger partial charge is 0.152 e. The van der Waals surface area contributed by atoms with Crippen LogP contribution in [0.25, 0.3) is 5.52 Å². The van der Waals surface area contributed by atoms with Crippen LogP contribution in [-0.4, -0.2) is 19.8 Å². The van der Waals surface area contributed by atoms with Crippen molar-refractivity contribution in [2.24, 2.45) is 0 Å². The molecule has 1 N–H and O–H groups in total. The highest BCUT2D eigenvalue weighted by atomic mass is 16.5. The van der Waals surface area contributed by atoms with E-state index in [1.807, 2.05) is 12.1 Å². The van der Waals surface area contributed by atoms with Crippen LogP contribution in [0.3, 0.4) is 0 Å². The van der Waals surface area contributed by atoms with Crippen LogP contribution in [0, 0.1) is 0 Å². The Balaban J connectivity index is 1.86. The molecule has 6 nitrogen and oxygen atoms in total. The predicted molar refractivity (Wildman–Crippen MR) is 56.8 cm³/mol. The van der Waals surface area contributed by atoms with Crippen LogP contribution in [-0.2, 0) is 6.54 Å². The van der Waals surface area contributed by atoms with Crippen molar-refractivity contribution in [1.82, 2.24) is 19.8 Å². The summed E-state index contributed by atoms with van der Waals surface area (Å²) in [4.78, 5) is 4.25. The molecule has 0 aromatic carbocycles. The van der Waals surface area contributed by atoms with Gasteiger partial charge < -0.3 is 9.84 Å². The Morgan fingerprint density at radius 2 is 2.31 bits per heavy atom. The molecular formula is C10H9N5O. The zero-order valence-corrected chi connectivity index (χ0v) is 8.37. The van der Waals surface area contributed by atoms with Gasteiger partial charge in [-0.1, -0.05) is 5.16 Å². The molecule has 0 fully saturated rings. The minimum absolute atomic E-state index is 0.578. The summed E-state index contributed by atoms with van der Waals surface area (Å²) in [5.74, 6) is 0.781. The average molecular weight is 215 g/mol. The van der Waals surface area contributed by atoms with Crippen molar-refractivity contribution in [3.63, 3.8) is 0 Å². The van der Waals surface area contributed by atoms with Gasteiger partial charge >= 0.3 is 0 Å². The van der Waals surface area contributed by atoms with E-state index in [0.717, 1.165) is 17.0 Å². The van der Waals surface area contributed by atoms with Crippen molar-refractivity contribution in [3.8, 4) is 0 Å². The second-order valence-corrected chi connectivity index (χ2v) is 3.28. The zero-order chi connectivity index (χ0) is 10.8. The molecule has 0 unspecified atom stereocenters. The fourth-order valence-corrected chi connectivity index (χ4v) is 1.50. The molecule has 3 aromatic rings. The highest BCUT2D eigenvalue weighted by Gasteiger charge is 2.03. The van der Waals surface area contributed by atoms with Crippen molar-refractivity contribution in [3.05, 3.63) is 42.7 Å². The summed E-state index contributed by atoms with van der Waals surface area (Å²) in [5, 5.41) is 11.1. The molecule has 3 aromatic heterocycles. The number of nitrogens with one attached hydrogen (secondary N) is 1. The highest BCUT2D eigenvalue weighted by molar-refractivity contribution is 5.66. The lowest BCUT2D eigenvalue weighted by atomic mass is 10.4. The maximum absolute atomic E-state index is 4.75. The zero-order valence-electron chi connectivity index (χ0n) is 8.37. The predicted octanol–water partition coefficient (Wildman–Crippen LogP) is 1.33. The van der Waals surface area contributed by atoms with Gasteiger partial charge in [0.2, 0.25) is 0 Å². The SMILES string of the molecule is c1cn2nccc2c(NCc2ccon2)n1. The number of fused-ring (bicyclic) bond motifs is 1. The first kappa shape index (κ1) is 8.90. The lowest BCUT2D eigenvalue weighted by Crippen LogP contribution is -2.03. The van der Waals surface area contributed by atoms with E-state index in [-0.39, 0.29) is 0 Å². The van der Waals surface area contributed by atoms with Crippen molar-refractivity contribution in [1.29, 1.82) is 0 Å². The number of hydrogen-bond donors (Lipinski definition) is 1. The lowest BCUT2D eigenvalue weighted by Gasteiger charge is -2.04. The average Bonchev–Trinajstić information content (AvgIpc) is 2.97. The lowest BCUT2D eigenvalue weighted by molar-refractivity contribution is 0.412. The van der Waals surface area contributed by atoms with Crippen molar-refractivity contribution in [2.75, 3.05) is 5.32 Å². The topological polar surface area (TPSA) is 68.2 Å². The Morgan fingerprint density at radius 3 is 3.19 bits per heavy atom. The van der Waals surface area contributed by atoms with Gasteiger partial charge in [-0.05, 0) is 6.07 Å². The van der Waals surface area contributed by atoms with Gasteiger partial charge in [-0.2, -0.15) is 5.10 Å². The van der Waals surface area contributed by atoms with Crippen LogP contribution in [0.15, 0.2) is 41.5 Å². The second-order valence-electron chi connectivity index (χ2n) is 3.28. The van der Waals surface area contributed by atoms with Gasteiger partial charge in [0.05, 0.1) is 12.7 Å². The molecule has 0 aliphatic rings. The molecule has 0 amide bonds. The van der Waals surface area contributed by atoms with Gasteiger partial charge in [0.25, 0.3) is 0 Å². The summed E-state index contributed by atoms with van der Waals surface area (Å²) >= 11 is 0. The maximum atomic E-state index is 4.75. The molecule has 0 spiro atoms. The van der Waals surface area contributed by atoms with Crippen LogP contribution in [0.5, 0.6) is 0 Å². The van der Waals surface area contributed by atoms with E-state index in [1.54, 1.807) is 29.4 Å².